The summed E-state index contributed by atoms with van der Waals surface area (Å²) < 4.78 is 26.2. The highest BCUT2D eigenvalue weighted by Gasteiger charge is 2.26. The SMILES string of the molecule is CCNCCCCS(=O)(=O)N1CCc2sccc2C1. The first-order valence-electron chi connectivity index (χ1n) is 6.87. The van der Waals surface area contributed by atoms with Crippen molar-refractivity contribution in [3.8, 4) is 0 Å². The first kappa shape index (κ1) is 15.0. The van der Waals surface area contributed by atoms with Crippen molar-refractivity contribution >= 4 is 21.4 Å². The van der Waals surface area contributed by atoms with Gasteiger partial charge in [-0.05, 0) is 49.4 Å². The van der Waals surface area contributed by atoms with Gasteiger partial charge in [0.15, 0.2) is 0 Å². The van der Waals surface area contributed by atoms with E-state index in [4.69, 9.17) is 0 Å². The van der Waals surface area contributed by atoms with E-state index in [1.54, 1.807) is 15.6 Å². The van der Waals surface area contributed by atoms with Gasteiger partial charge < -0.3 is 5.32 Å². The molecule has 0 saturated heterocycles. The van der Waals surface area contributed by atoms with Crippen molar-refractivity contribution in [2.75, 3.05) is 25.4 Å². The fraction of sp³-hybridized carbons (Fsp3) is 0.692. The summed E-state index contributed by atoms with van der Waals surface area (Å²) >= 11 is 1.74. The number of unbranched alkanes of at least 4 members (excludes halogenated alkanes) is 1. The van der Waals surface area contributed by atoms with Crippen molar-refractivity contribution in [2.45, 2.75) is 32.7 Å². The van der Waals surface area contributed by atoms with Gasteiger partial charge in [-0.1, -0.05) is 6.92 Å². The Morgan fingerprint density at radius 3 is 3.05 bits per heavy atom. The summed E-state index contributed by atoms with van der Waals surface area (Å²) in [6.07, 6.45) is 2.52. The van der Waals surface area contributed by atoms with Gasteiger partial charge >= 0.3 is 0 Å². The lowest BCUT2D eigenvalue weighted by molar-refractivity contribution is 0.393. The van der Waals surface area contributed by atoms with Crippen molar-refractivity contribution in [1.82, 2.24) is 9.62 Å². The molecular weight excluding hydrogens is 280 g/mol. The number of sulfonamides is 1. The third kappa shape index (κ3) is 4.02. The first-order chi connectivity index (χ1) is 9.13. The molecule has 0 amide bonds. The monoisotopic (exact) mass is 302 g/mol. The van der Waals surface area contributed by atoms with Crippen LogP contribution < -0.4 is 5.32 Å². The maximum atomic E-state index is 12.3. The smallest absolute Gasteiger partial charge is 0.214 e. The Morgan fingerprint density at radius 1 is 1.42 bits per heavy atom. The molecule has 1 N–H and O–H groups in total. The van der Waals surface area contributed by atoms with Gasteiger partial charge in [-0.25, -0.2) is 8.42 Å². The minimum atomic E-state index is -3.08. The zero-order valence-corrected chi connectivity index (χ0v) is 13.0. The second-order valence-electron chi connectivity index (χ2n) is 4.83. The summed E-state index contributed by atoms with van der Waals surface area (Å²) in [5, 5.41) is 5.27. The number of hydrogen-bond donors (Lipinski definition) is 1. The first-order valence-corrected chi connectivity index (χ1v) is 9.36. The topological polar surface area (TPSA) is 49.4 Å². The second kappa shape index (κ2) is 6.83. The summed E-state index contributed by atoms with van der Waals surface area (Å²) in [4.78, 5) is 1.35. The molecule has 19 heavy (non-hydrogen) atoms. The van der Waals surface area contributed by atoms with Crippen LogP contribution in [0.1, 0.15) is 30.2 Å². The normalized spacial score (nSPS) is 16.5. The van der Waals surface area contributed by atoms with Crippen molar-refractivity contribution < 1.29 is 8.42 Å². The number of thiophene rings is 1. The molecule has 6 heteroatoms. The van der Waals surface area contributed by atoms with E-state index in [1.165, 1.54) is 10.4 Å². The largest absolute Gasteiger partial charge is 0.317 e. The average Bonchev–Trinajstić information content (AvgIpc) is 2.85. The third-order valence-electron chi connectivity index (χ3n) is 3.42. The van der Waals surface area contributed by atoms with E-state index in [0.717, 1.165) is 32.4 Å². The van der Waals surface area contributed by atoms with Crippen molar-refractivity contribution in [1.29, 1.82) is 0 Å². The van der Waals surface area contributed by atoms with Crippen molar-refractivity contribution in [3.63, 3.8) is 0 Å². The minimum Gasteiger partial charge on any atom is -0.317 e. The van der Waals surface area contributed by atoms with Gasteiger partial charge in [-0.2, -0.15) is 4.31 Å². The van der Waals surface area contributed by atoms with Crippen molar-refractivity contribution in [3.05, 3.63) is 21.9 Å². The Morgan fingerprint density at radius 2 is 2.26 bits per heavy atom. The Hall–Kier alpha value is -0.430. The van der Waals surface area contributed by atoms with E-state index in [1.807, 2.05) is 6.07 Å². The highest BCUT2D eigenvalue weighted by atomic mass is 32.2. The third-order valence-corrected chi connectivity index (χ3v) is 6.35. The van der Waals surface area contributed by atoms with Crippen LogP contribution in [0.15, 0.2) is 11.4 Å². The van der Waals surface area contributed by atoms with Crippen LogP contribution in [0.3, 0.4) is 0 Å². The number of nitrogens with one attached hydrogen (secondary N) is 1. The van der Waals surface area contributed by atoms with E-state index in [0.29, 0.717) is 13.1 Å². The average molecular weight is 302 g/mol. The molecule has 0 unspecified atom stereocenters. The number of hydrogen-bond acceptors (Lipinski definition) is 4. The number of nitrogens with zero attached hydrogens (tertiary/aromatic N) is 1. The molecule has 0 bridgehead atoms. The molecule has 4 nitrogen and oxygen atoms in total. The molecule has 1 aromatic rings. The summed E-state index contributed by atoms with van der Waals surface area (Å²) in [5.41, 5.74) is 1.19. The van der Waals surface area contributed by atoms with Gasteiger partial charge in [-0.3, -0.25) is 0 Å². The fourth-order valence-electron chi connectivity index (χ4n) is 2.30. The van der Waals surface area contributed by atoms with Gasteiger partial charge in [0.1, 0.15) is 0 Å². The Kier molecular flexibility index (Phi) is 5.38. The lowest BCUT2D eigenvalue weighted by Gasteiger charge is -2.26. The molecule has 0 fully saturated rings. The van der Waals surface area contributed by atoms with Crippen molar-refractivity contribution in [2.24, 2.45) is 0 Å². The number of fused-ring (bicyclic) bond motifs is 1. The Bertz CT molecular complexity index is 496. The van der Waals surface area contributed by atoms with Crippen LogP contribution in [0.4, 0.5) is 0 Å². The van der Waals surface area contributed by atoms with E-state index in [2.05, 4.69) is 17.6 Å². The molecule has 0 aliphatic carbocycles. The van der Waals surface area contributed by atoms with Crippen LogP contribution in [-0.2, 0) is 23.0 Å². The molecule has 0 saturated carbocycles. The van der Waals surface area contributed by atoms with Gasteiger partial charge in [0.05, 0.1) is 5.75 Å². The van der Waals surface area contributed by atoms with E-state index >= 15 is 0 Å². The van der Waals surface area contributed by atoms with Crippen LogP contribution in [0, 0.1) is 0 Å². The summed E-state index contributed by atoms with van der Waals surface area (Å²) in [7, 11) is -3.08. The highest BCUT2D eigenvalue weighted by molar-refractivity contribution is 7.89. The zero-order chi connectivity index (χ0) is 13.7. The summed E-state index contributed by atoms with van der Waals surface area (Å²) in [6, 6.07) is 2.05. The van der Waals surface area contributed by atoms with Crippen LogP contribution in [0.25, 0.3) is 0 Å². The molecule has 0 radical (unpaired) electrons. The van der Waals surface area contributed by atoms with E-state index in [9.17, 15) is 8.42 Å². The molecule has 0 atom stereocenters. The van der Waals surface area contributed by atoms with Crippen LogP contribution in [-0.4, -0.2) is 38.1 Å². The molecule has 2 rings (SSSR count). The molecule has 2 heterocycles. The van der Waals surface area contributed by atoms with Gasteiger partial charge in [0.2, 0.25) is 10.0 Å². The lowest BCUT2D eigenvalue weighted by atomic mass is 10.1. The maximum absolute atomic E-state index is 12.3. The maximum Gasteiger partial charge on any atom is 0.214 e. The van der Waals surface area contributed by atoms with Crippen LogP contribution in [0.2, 0.25) is 0 Å². The molecule has 1 aromatic heterocycles. The standard InChI is InChI=1S/C13H22N2O2S2/c1-2-14-7-3-4-10-19(16,17)15-8-5-13-12(11-15)6-9-18-13/h6,9,14H,2-5,7-8,10-11H2,1H3. The lowest BCUT2D eigenvalue weighted by Crippen LogP contribution is -2.37. The predicted molar refractivity (Wildman–Crippen MR) is 80.0 cm³/mol. The molecule has 0 spiro atoms. The van der Waals surface area contributed by atoms with Gasteiger partial charge in [0.25, 0.3) is 0 Å². The van der Waals surface area contributed by atoms with Gasteiger partial charge in [-0.15, -0.1) is 11.3 Å². The quantitative estimate of drug-likeness (QED) is 0.782. The molecule has 1 aliphatic rings. The Labute approximate surface area is 119 Å². The minimum absolute atomic E-state index is 0.276. The summed E-state index contributed by atoms with van der Waals surface area (Å²) in [6.45, 7) is 5.11. The molecule has 0 aromatic carbocycles. The summed E-state index contributed by atoms with van der Waals surface area (Å²) in [5.74, 6) is 0.276. The van der Waals surface area contributed by atoms with E-state index in [-0.39, 0.29) is 5.75 Å². The molecular formula is C13H22N2O2S2. The highest BCUT2D eigenvalue weighted by Crippen LogP contribution is 2.25. The van der Waals surface area contributed by atoms with Crippen LogP contribution >= 0.6 is 11.3 Å². The Balaban J connectivity index is 1.84. The molecule has 1 aliphatic heterocycles. The predicted octanol–water partition coefficient (Wildman–Crippen LogP) is 1.83. The van der Waals surface area contributed by atoms with Gasteiger partial charge in [0, 0.05) is 18.0 Å². The van der Waals surface area contributed by atoms with Crippen LogP contribution in [0.5, 0.6) is 0 Å². The second-order valence-corrected chi connectivity index (χ2v) is 7.92. The number of rotatable bonds is 7. The van der Waals surface area contributed by atoms with E-state index < -0.39 is 10.0 Å². The fourth-order valence-corrected chi connectivity index (χ4v) is 4.72. The molecule has 108 valence electrons. The zero-order valence-electron chi connectivity index (χ0n) is 11.4.